The van der Waals surface area contributed by atoms with Gasteiger partial charge in [-0.15, -0.1) is 0 Å². The number of fused-ring (bicyclic) bond motifs is 2. The highest BCUT2D eigenvalue weighted by Gasteiger charge is 2.33. The van der Waals surface area contributed by atoms with Gasteiger partial charge in [0.25, 0.3) is 0 Å². The lowest BCUT2D eigenvalue weighted by atomic mass is 9.83. The number of benzene rings is 1. The Morgan fingerprint density at radius 1 is 1.09 bits per heavy atom. The summed E-state index contributed by atoms with van der Waals surface area (Å²) in [7, 11) is 1.65. The van der Waals surface area contributed by atoms with Crippen molar-refractivity contribution in [3.8, 4) is 28.7 Å². The van der Waals surface area contributed by atoms with Crippen molar-refractivity contribution in [1.82, 2.24) is 24.1 Å². The number of methoxy groups -OCH3 is 1. The van der Waals surface area contributed by atoms with Crippen LogP contribution in [0.3, 0.4) is 0 Å². The molecule has 2 aliphatic heterocycles. The Kier molecular flexibility index (Phi) is 4.76. The zero-order valence-electron chi connectivity index (χ0n) is 20.1. The normalized spacial score (nSPS) is 18.3. The molecule has 0 aliphatic carbocycles. The fraction of sp³-hybridized carbons (Fsp3) is 0.370. The number of aromatic nitrogens is 5. The van der Waals surface area contributed by atoms with E-state index in [0.29, 0.717) is 5.88 Å². The Morgan fingerprint density at radius 3 is 2.76 bits per heavy atom. The lowest BCUT2D eigenvalue weighted by Gasteiger charge is -2.25. The molecule has 1 atom stereocenters. The number of imidazole rings is 2. The maximum Gasteiger partial charge on any atom is 0.238 e. The Hall–Kier alpha value is -3.61. The van der Waals surface area contributed by atoms with E-state index in [-0.39, 0.29) is 11.3 Å². The molecule has 2 aliphatic rings. The average Bonchev–Trinajstić information content (AvgIpc) is 3.55. The first-order chi connectivity index (χ1) is 16.4. The van der Waals surface area contributed by atoms with Gasteiger partial charge in [-0.25, -0.2) is 15.0 Å². The molecule has 7 nitrogen and oxygen atoms in total. The molecule has 7 heteroatoms. The van der Waals surface area contributed by atoms with E-state index in [9.17, 15) is 0 Å². The van der Waals surface area contributed by atoms with Crippen molar-refractivity contribution in [3.05, 3.63) is 71.7 Å². The predicted molar refractivity (Wildman–Crippen MR) is 130 cm³/mol. The van der Waals surface area contributed by atoms with Crippen molar-refractivity contribution < 1.29 is 9.47 Å². The molecule has 3 aromatic heterocycles. The highest BCUT2D eigenvalue weighted by molar-refractivity contribution is 5.59. The molecule has 1 aromatic carbocycles. The van der Waals surface area contributed by atoms with Gasteiger partial charge in [-0.2, -0.15) is 0 Å². The van der Waals surface area contributed by atoms with Crippen LogP contribution in [0.25, 0.3) is 17.1 Å². The van der Waals surface area contributed by atoms with Crippen LogP contribution in [-0.4, -0.2) is 37.8 Å². The van der Waals surface area contributed by atoms with Gasteiger partial charge in [0.2, 0.25) is 5.88 Å². The lowest BCUT2D eigenvalue weighted by molar-refractivity contribution is 0.291. The van der Waals surface area contributed by atoms with E-state index >= 15 is 0 Å². The fourth-order valence-electron chi connectivity index (χ4n) is 5.15. The maximum absolute atomic E-state index is 5.91. The third-order valence-electron chi connectivity index (χ3n) is 7.02. The molecular formula is C27H29N5O2. The monoisotopic (exact) mass is 455 g/mol. The van der Waals surface area contributed by atoms with E-state index in [1.165, 1.54) is 11.1 Å². The van der Waals surface area contributed by atoms with Crippen molar-refractivity contribution in [3.63, 3.8) is 0 Å². The summed E-state index contributed by atoms with van der Waals surface area (Å²) in [5, 5.41) is 0. The molecule has 4 aromatic rings. The Morgan fingerprint density at radius 2 is 1.97 bits per heavy atom. The van der Waals surface area contributed by atoms with Gasteiger partial charge in [-0.3, -0.25) is 0 Å². The fourth-order valence-corrected chi connectivity index (χ4v) is 5.15. The Labute approximate surface area is 199 Å². The van der Waals surface area contributed by atoms with Crippen molar-refractivity contribution in [1.29, 1.82) is 0 Å². The van der Waals surface area contributed by atoms with E-state index in [4.69, 9.17) is 19.4 Å². The highest BCUT2D eigenvalue weighted by atomic mass is 16.5. The summed E-state index contributed by atoms with van der Waals surface area (Å²) >= 11 is 0. The summed E-state index contributed by atoms with van der Waals surface area (Å²) in [5.74, 6) is 2.93. The molecule has 0 unspecified atom stereocenters. The molecular weight excluding hydrogens is 426 g/mol. The van der Waals surface area contributed by atoms with Gasteiger partial charge >= 0.3 is 0 Å². The molecule has 0 fully saturated rings. The molecule has 0 saturated carbocycles. The van der Waals surface area contributed by atoms with Gasteiger partial charge in [0.1, 0.15) is 23.0 Å². The third kappa shape index (κ3) is 3.38. The second kappa shape index (κ2) is 7.72. The summed E-state index contributed by atoms with van der Waals surface area (Å²) in [5.41, 5.74) is 6.13. The van der Waals surface area contributed by atoms with E-state index in [2.05, 4.69) is 47.8 Å². The second-order valence-corrected chi connectivity index (χ2v) is 9.95. The number of ether oxygens (including phenoxy) is 2. The molecule has 0 spiro atoms. The van der Waals surface area contributed by atoms with Crippen LogP contribution < -0.4 is 9.47 Å². The molecule has 0 radical (unpaired) electrons. The van der Waals surface area contributed by atoms with Crippen LogP contribution in [0.2, 0.25) is 0 Å². The van der Waals surface area contributed by atoms with E-state index in [0.717, 1.165) is 60.3 Å². The Bertz CT molecular complexity index is 1380. The van der Waals surface area contributed by atoms with Crippen LogP contribution in [0, 0.1) is 6.92 Å². The lowest BCUT2D eigenvalue weighted by Crippen LogP contribution is -2.19. The third-order valence-corrected chi connectivity index (χ3v) is 7.02. The van der Waals surface area contributed by atoms with Crippen molar-refractivity contribution in [2.45, 2.75) is 51.5 Å². The first-order valence-electron chi connectivity index (χ1n) is 11.8. The predicted octanol–water partition coefficient (Wildman–Crippen LogP) is 5.04. The first kappa shape index (κ1) is 21.0. The van der Waals surface area contributed by atoms with E-state index in [1.54, 1.807) is 13.4 Å². The Balaban J connectivity index is 1.37. The molecule has 6 rings (SSSR count). The van der Waals surface area contributed by atoms with Gasteiger partial charge in [-0.05, 0) is 43.5 Å². The van der Waals surface area contributed by atoms with Gasteiger partial charge < -0.3 is 18.6 Å². The minimum atomic E-state index is 0.0383. The van der Waals surface area contributed by atoms with Crippen LogP contribution >= 0.6 is 0 Å². The number of nitrogens with zero attached hydrogens (tertiary/aromatic N) is 5. The summed E-state index contributed by atoms with van der Waals surface area (Å²) in [6, 6.07) is 10.7. The largest absolute Gasteiger partial charge is 0.492 e. The van der Waals surface area contributed by atoms with Crippen molar-refractivity contribution in [2.75, 3.05) is 13.7 Å². The molecule has 0 N–H and O–H groups in total. The minimum Gasteiger partial charge on any atom is -0.492 e. The van der Waals surface area contributed by atoms with Crippen molar-refractivity contribution >= 4 is 0 Å². The molecule has 0 bridgehead atoms. The van der Waals surface area contributed by atoms with Gasteiger partial charge in [-0.1, -0.05) is 26.0 Å². The van der Waals surface area contributed by atoms with Crippen molar-refractivity contribution in [2.24, 2.45) is 0 Å². The summed E-state index contributed by atoms with van der Waals surface area (Å²) < 4.78 is 15.7. The standard InChI is InChI=1S/C27H29N5O2/c1-17-13-32(16-28-17)23-9-8-21(30-26(23)33-4)22-14-31-11-5-6-19(25(31)29-22)18-7-10-24-20(12-18)27(2,3)15-34-24/h7-10,12-14,16,19H,5-6,11,15H2,1-4H3/t19-/m1/s1. The number of aryl methyl sites for hydroxylation is 2. The SMILES string of the molecule is COc1nc(-c2cn3c(n2)[C@@H](c2ccc4c(c2)C(C)(C)CO4)CCC3)ccc1-n1cnc(C)c1. The van der Waals surface area contributed by atoms with Crippen LogP contribution in [-0.2, 0) is 12.0 Å². The van der Waals surface area contributed by atoms with Gasteiger partial charge in [0.15, 0.2) is 0 Å². The summed E-state index contributed by atoms with van der Waals surface area (Å²) in [6.07, 6.45) is 8.08. The number of pyridine rings is 1. The smallest absolute Gasteiger partial charge is 0.238 e. The van der Waals surface area contributed by atoms with Crippen LogP contribution in [0.1, 0.15) is 55.3 Å². The number of hydrogen-bond acceptors (Lipinski definition) is 5. The number of hydrogen-bond donors (Lipinski definition) is 0. The second-order valence-electron chi connectivity index (χ2n) is 9.95. The number of rotatable bonds is 4. The van der Waals surface area contributed by atoms with Crippen LogP contribution in [0.5, 0.6) is 11.6 Å². The molecule has 0 amide bonds. The van der Waals surface area contributed by atoms with E-state index < -0.39 is 0 Å². The molecule has 0 saturated heterocycles. The summed E-state index contributed by atoms with van der Waals surface area (Å²) in [4.78, 5) is 14.2. The summed E-state index contributed by atoms with van der Waals surface area (Å²) in [6.45, 7) is 8.16. The van der Waals surface area contributed by atoms with E-state index in [1.807, 2.05) is 29.8 Å². The van der Waals surface area contributed by atoms with Crippen LogP contribution in [0.15, 0.2) is 49.1 Å². The highest BCUT2D eigenvalue weighted by Crippen LogP contribution is 2.42. The minimum absolute atomic E-state index is 0.0383. The van der Waals surface area contributed by atoms with Crippen LogP contribution in [0.4, 0.5) is 0 Å². The topological polar surface area (TPSA) is 67.0 Å². The molecule has 34 heavy (non-hydrogen) atoms. The quantitative estimate of drug-likeness (QED) is 0.431. The van der Waals surface area contributed by atoms with Gasteiger partial charge in [0.05, 0.1) is 31.4 Å². The average molecular weight is 456 g/mol. The molecule has 174 valence electrons. The maximum atomic E-state index is 5.91. The zero-order chi connectivity index (χ0) is 23.4. The van der Waals surface area contributed by atoms with Gasteiger partial charge in [0, 0.05) is 35.8 Å². The zero-order valence-corrected chi connectivity index (χ0v) is 20.1. The first-order valence-corrected chi connectivity index (χ1v) is 11.8. The molecule has 5 heterocycles.